The predicted octanol–water partition coefficient (Wildman–Crippen LogP) is 4.31. The maximum absolute atomic E-state index is 6.19. The zero-order chi connectivity index (χ0) is 13.8. The summed E-state index contributed by atoms with van der Waals surface area (Å²) in [5, 5.41) is -0.132. The fraction of sp³-hybridized carbons (Fsp3) is 0.400. The molecule has 0 aliphatic carbocycles. The highest BCUT2D eigenvalue weighted by Gasteiger charge is 2.14. The summed E-state index contributed by atoms with van der Waals surface area (Å²) >= 11 is 6.19. The van der Waals surface area contributed by atoms with Crippen LogP contribution >= 0.6 is 11.6 Å². The number of hydrogen-bond acceptors (Lipinski definition) is 2. The predicted molar refractivity (Wildman–Crippen MR) is 80.0 cm³/mol. The average Bonchev–Trinajstić information content (AvgIpc) is 2.75. The summed E-state index contributed by atoms with van der Waals surface area (Å²) in [6.07, 6.45) is 2.85. The first kappa shape index (κ1) is 13.9. The first-order valence-electron chi connectivity index (χ1n) is 6.55. The topological polar surface area (TPSA) is 27.1 Å². The van der Waals surface area contributed by atoms with Gasteiger partial charge in [0, 0.05) is 12.6 Å². The summed E-state index contributed by atoms with van der Waals surface area (Å²) in [5.74, 6) is 1.72. The third kappa shape index (κ3) is 2.92. The number of halogens is 1. The van der Waals surface area contributed by atoms with Crippen LogP contribution in [0, 0.1) is 0 Å². The minimum atomic E-state index is -0.132. The Bertz CT molecular complexity index is 575. The van der Waals surface area contributed by atoms with Crippen LogP contribution in [0.3, 0.4) is 0 Å². The summed E-state index contributed by atoms with van der Waals surface area (Å²) in [6, 6.07) is 5.97. The van der Waals surface area contributed by atoms with Crippen molar-refractivity contribution < 1.29 is 4.74 Å². The molecular weight excluding hydrogens is 260 g/mol. The highest BCUT2D eigenvalue weighted by molar-refractivity contribution is 6.20. The second kappa shape index (κ2) is 6.11. The molecule has 0 saturated carbocycles. The van der Waals surface area contributed by atoms with E-state index >= 15 is 0 Å². The lowest BCUT2D eigenvalue weighted by Crippen LogP contribution is -2.02. The first-order valence-corrected chi connectivity index (χ1v) is 6.99. The molecule has 0 saturated heterocycles. The Morgan fingerprint density at radius 1 is 1.53 bits per heavy atom. The number of allylic oxidation sites excluding steroid dienone is 1. The van der Waals surface area contributed by atoms with E-state index in [4.69, 9.17) is 16.3 Å². The average molecular weight is 279 g/mol. The number of benzene rings is 1. The largest absolute Gasteiger partial charge is 0.494 e. The van der Waals surface area contributed by atoms with Crippen molar-refractivity contribution in [2.75, 3.05) is 6.61 Å². The molecule has 4 heteroatoms. The van der Waals surface area contributed by atoms with Gasteiger partial charge in [0.1, 0.15) is 11.6 Å². The Labute approximate surface area is 118 Å². The van der Waals surface area contributed by atoms with Gasteiger partial charge in [0.05, 0.1) is 23.0 Å². The lowest BCUT2D eigenvalue weighted by atomic mass is 10.3. The molecular formula is C15H19ClN2O. The van der Waals surface area contributed by atoms with Crippen molar-refractivity contribution in [3.8, 4) is 5.75 Å². The van der Waals surface area contributed by atoms with Crippen molar-refractivity contribution in [3.05, 3.63) is 36.7 Å². The van der Waals surface area contributed by atoms with Crippen LogP contribution in [-0.2, 0) is 6.54 Å². The van der Waals surface area contributed by atoms with Crippen molar-refractivity contribution >= 4 is 22.6 Å². The number of rotatable bonds is 6. The van der Waals surface area contributed by atoms with Crippen LogP contribution in [0.5, 0.6) is 5.75 Å². The molecule has 19 heavy (non-hydrogen) atoms. The summed E-state index contributed by atoms with van der Waals surface area (Å²) < 4.78 is 7.72. The summed E-state index contributed by atoms with van der Waals surface area (Å²) in [5.41, 5.74) is 1.98. The lowest BCUT2D eigenvalue weighted by molar-refractivity contribution is 0.318. The van der Waals surface area contributed by atoms with E-state index in [1.165, 1.54) is 0 Å². The third-order valence-electron chi connectivity index (χ3n) is 2.89. The van der Waals surface area contributed by atoms with Gasteiger partial charge in [-0.1, -0.05) is 13.0 Å². The molecule has 3 nitrogen and oxygen atoms in total. The lowest BCUT2D eigenvalue weighted by Gasteiger charge is -2.08. The summed E-state index contributed by atoms with van der Waals surface area (Å²) in [7, 11) is 0. The van der Waals surface area contributed by atoms with E-state index in [0.29, 0.717) is 6.54 Å². The van der Waals surface area contributed by atoms with Crippen LogP contribution in [0.15, 0.2) is 30.9 Å². The molecule has 0 aliphatic rings. The Kier molecular flexibility index (Phi) is 4.48. The Morgan fingerprint density at radius 2 is 2.32 bits per heavy atom. The molecule has 0 aliphatic heterocycles. The minimum Gasteiger partial charge on any atom is -0.494 e. The van der Waals surface area contributed by atoms with Crippen LogP contribution in [0.2, 0.25) is 0 Å². The normalized spacial score (nSPS) is 12.6. The highest BCUT2D eigenvalue weighted by atomic mass is 35.5. The van der Waals surface area contributed by atoms with E-state index in [1.807, 2.05) is 31.2 Å². The number of imidazole rings is 1. The van der Waals surface area contributed by atoms with Gasteiger partial charge in [-0.3, -0.25) is 0 Å². The molecule has 0 N–H and O–H groups in total. The van der Waals surface area contributed by atoms with Gasteiger partial charge in [0.15, 0.2) is 0 Å². The van der Waals surface area contributed by atoms with Gasteiger partial charge in [-0.25, -0.2) is 4.98 Å². The van der Waals surface area contributed by atoms with Gasteiger partial charge in [0.2, 0.25) is 0 Å². The van der Waals surface area contributed by atoms with Gasteiger partial charge in [0.25, 0.3) is 0 Å². The molecule has 0 fully saturated rings. The van der Waals surface area contributed by atoms with Crippen LogP contribution in [0.1, 0.15) is 31.5 Å². The quantitative estimate of drug-likeness (QED) is 0.581. The van der Waals surface area contributed by atoms with E-state index in [1.54, 1.807) is 0 Å². The number of aromatic nitrogens is 2. The molecule has 1 atom stereocenters. The van der Waals surface area contributed by atoms with Crippen LogP contribution < -0.4 is 4.74 Å². The third-order valence-corrected chi connectivity index (χ3v) is 3.08. The molecule has 1 unspecified atom stereocenters. The molecule has 0 amide bonds. The second-order valence-electron chi connectivity index (χ2n) is 4.48. The van der Waals surface area contributed by atoms with Crippen molar-refractivity contribution in [1.29, 1.82) is 0 Å². The standard InChI is InChI=1S/C15H19ClN2O/c1-4-8-18-14-7-6-12(19-9-5-2)10-13(14)17-15(18)11(3)16/h4,6-7,10-11H,1,5,8-9H2,2-3H3. The molecule has 2 rings (SSSR count). The van der Waals surface area contributed by atoms with E-state index in [-0.39, 0.29) is 5.38 Å². The molecule has 1 heterocycles. The number of fused-ring (bicyclic) bond motifs is 1. The second-order valence-corrected chi connectivity index (χ2v) is 5.14. The van der Waals surface area contributed by atoms with Gasteiger partial charge in [-0.2, -0.15) is 0 Å². The molecule has 1 aromatic carbocycles. The van der Waals surface area contributed by atoms with Gasteiger partial charge in [-0.05, 0) is 25.5 Å². The Balaban J connectivity index is 2.46. The summed E-state index contributed by atoms with van der Waals surface area (Å²) in [4.78, 5) is 4.60. The number of hydrogen-bond donors (Lipinski definition) is 0. The SMILES string of the molecule is C=CCn1c(C(C)Cl)nc2cc(OCCC)ccc21. The molecule has 102 valence electrons. The van der Waals surface area contributed by atoms with Crippen molar-refractivity contribution in [1.82, 2.24) is 9.55 Å². The first-order chi connectivity index (χ1) is 9.17. The summed E-state index contributed by atoms with van der Waals surface area (Å²) in [6.45, 7) is 9.23. The van der Waals surface area contributed by atoms with Crippen molar-refractivity contribution in [2.45, 2.75) is 32.2 Å². The maximum Gasteiger partial charge on any atom is 0.128 e. The van der Waals surface area contributed by atoms with Gasteiger partial charge < -0.3 is 9.30 Å². The zero-order valence-electron chi connectivity index (χ0n) is 11.4. The molecule has 2 aromatic rings. The number of alkyl halides is 1. The van der Waals surface area contributed by atoms with Crippen LogP contribution in [-0.4, -0.2) is 16.2 Å². The van der Waals surface area contributed by atoms with E-state index in [9.17, 15) is 0 Å². The Morgan fingerprint density at radius 3 is 2.95 bits per heavy atom. The van der Waals surface area contributed by atoms with Crippen molar-refractivity contribution in [2.24, 2.45) is 0 Å². The van der Waals surface area contributed by atoms with Gasteiger partial charge >= 0.3 is 0 Å². The number of nitrogens with zero attached hydrogens (tertiary/aromatic N) is 2. The van der Waals surface area contributed by atoms with E-state index < -0.39 is 0 Å². The monoisotopic (exact) mass is 278 g/mol. The molecule has 1 aromatic heterocycles. The fourth-order valence-electron chi connectivity index (χ4n) is 2.06. The van der Waals surface area contributed by atoms with Crippen molar-refractivity contribution in [3.63, 3.8) is 0 Å². The van der Waals surface area contributed by atoms with E-state index in [2.05, 4.69) is 23.1 Å². The maximum atomic E-state index is 6.19. The van der Waals surface area contributed by atoms with Crippen LogP contribution in [0.4, 0.5) is 0 Å². The molecule has 0 radical (unpaired) electrons. The number of ether oxygens (including phenoxy) is 1. The smallest absolute Gasteiger partial charge is 0.128 e. The Hall–Kier alpha value is -1.48. The minimum absolute atomic E-state index is 0.132. The zero-order valence-corrected chi connectivity index (χ0v) is 12.2. The van der Waals surface area contributed by atoms with E-state index in [0.717, 1.165) is 35.6 Å². The highest BCUT2D eigenvalue weighted by Crippen LogP contribution is 2.27. The fourth-order valence-corrected chi connectivity index (χ4v) is 2.23. The molecule has 0 bridgehead atoms. The van der Waals surface area contributed by atoms with Crippen LogP contribution in [0.25, 0.3) is 11.0 Å². The van der Waals surface area contributed by atoms with Gasteiger partial charge in [-0.15, -0.1) is 18.2 Å². The molecule has 0 spiro atoms.